The standard InChI is InChI=1S/C13H15N3OS/c17-12-4-9(8-18)6-16(12)7-10-5-15-13-11(10)2-1-3-14-13/h1-3,5,9,18H,4,6-8H2,(H,14,15). The van der Waals surface area contributed by atoms with E-state index in [-0.39, 0.29) is 5.91 Å². The van der Waals surface area contributed by atoms with Crippen LogP contribution in [0.1, 0.15) is 12.0 Å². The van der Waals surface area contributed by atoms with E-state index in [1.54, 1.807) is 6.20 Å². The Morgan fingerprint density at radius 1 is 1.56 bits per heavy atom. The molecule has 94 valence electrons. The monoisotopic (exact) mass is 261 g/mol. The number of pyridine rings is 1. The third-order valence-corrected chi connectivity index (χ3v) is 3.97. The van der Waals surface area contributed by atoms with Crippen LogP contribution in [0.15, 0.2) is 24.5 Å². The molecular weight excluding hydrogens is 246 g/mol. The van der Waals surface area contributed by atoms with Gasteiger partial charge in [-0.05, 0) is 29.4 Å². The summed E-state index contributed by atoms with van der Waals surface area (Å²) >= 11 is 4.27. The van der Waals surface area contributed by atoms with Gasteiger partial charge in [-0.3, -0.25) is 4.79 Å². The Hall–Kier alpha value is -1.49. The molecular formula is C13H15N3OS. The number of amides is 1. The number of aromatic nitrogens is 2. The number of nitrogens with zero attached hydrogens (tertiary/aromatic N) is 2. The lowest BCUT2D eigenvalue weighted by Crippen LogP contribution is -2.24. The van der Waals surface area contributed by atoms with Gasteiger partial charge >= 0.3 is 0 Å². The first-order valence-electron chi connectivity index (χ1n) is 6.07. The van der Waals surface area contributed by atoms with Crippen LogP contribution in [0.2, 0.25) is 0 Å². The molecule has 1 amide bonds. The maximum absolute atomic E-state index is 11.9. The molecule has 3 rings (SSSR count). The SMILES string of the molecule is O=C1CC(CS)CN1Cc1c[nH]c2ncccc12. The van der Waals surface area contributed by atoms with Crippen LogP contribution in [0, 0.1) is 5.92 Å². The largest absolute Gasteiger partial charge is 0.346 e. The van der Waals surface area contributed by atoms with Crippen molar-refractivity contribution in [2.75, 3.05) is 12.3 Å². The Balaban J connectivity index is 1.83. The normalized spacial score (nSPS) is 19.9. The molecule has 18 heavy (non-hydrogen) atoms. The van der Waals surface area contributed by atoms with Gasteiger partial charge < -0.3 is 9.88 Å². The number of rotatable bonds is 3. The van der Waals surface area contributed by atoms with E-state index in [2.05, 4.69) is 22.6 Å². The summed E-state index contributed by atoms with van der Waals surface area (Å²) in [6.45, 7) is 1.48. The van der Waals surface area contributed by atoms with Crippen LogP contribution in [0.25, 0.3) is 11.0 Å². The highest BCUT2D eigenvalue weighted by molar-refractivity contribution is 7.80. The maximum atomic E-state index is 11.9. The molecule has 1 unspecified atom stereocenters. The van der Waals surface area contributed by atoms with Gasteiger partial charge in [-0.2, -0.15) is 12.6 Å². The number of thiol groups is 1. The van der Waals surface area contributed by atoms with E-state index >= 15 is 0 Å². The highest BCUT2D eigenvalue weighted by Crippen LogP contribution is 2.23. The van der Waals surface area contributed by atoms with Gasteiger partial charge in [0.25, 0.3) is 0 Å². The Kier molecular flexibility index (Phi) is 2.99. The third-order valence-electron chi connectivity index (χ3n) is 3.45. The summed E-state index contributed by atoms with van der Waals surface area (Å²) in [6, 6.07) is 3.95. The van der Waals surface area contributed by atoms with Gasteiger partial charge in [0.2, 0.25) is 5.91 Å². The number of hydrogen-bond donors (Lipinski definition) is 2. The van der Waals surface area contributed by atoms with Crippen LogP contribution in [0.5, 0.6) is 0 Å². The van der Waals surface area contributed by atoms with Crippen LogP contribution >= 0.6 is 12.6 Å². The number of H-pyrrole nitrogens is 1. The first-order chi connectivity index (χ1) is 8.78. The summed E-state index contributed by atoms with van der Waals surface area (Å²) in [5.41, 5.74) is 2.01. The molecule has 4 nitrogen and oxygen atoms in total. The highest BCUT2D eigenvalue weighted by Gasteiger charge is 2.28. The van der Waals surface area contributed by atoms with Crippen LogP contribution in [0.3, 0.4) is 0 Å². The molecule has 0 bridgehead atoms. The zero-order valence-corrected chi connectivity index (χ0v) is 10.9. The molecule has 0 spiro atoms. The predicted molar refractivity (Wildman–Crippen MR) is 73.5 cm³/mol. The van der Waals surface area contributed by atoms with Crippen LogP contribution in [-0.4, -0.2) is 33.1 Å². The van der Waals surface area contributed by atoms with E-state index < -0.39 is 0 Å². The Morgan fingerprint density at radius 2 is 2.44 bits per heavy atom. The van der Waals surface area contributed by atoms with Crippen molar-refractivity contribution in [1.82, 2.24) is 14.9 Å². The second kappa shape index (κ2) is 4.65. The number of carbonyl (C=O) groups is 1. The van der Waals surface area contributed by atoms with Gasteiger partial charge in [0.1, 0.15) is 5.65 Å². The average Bonchev–Trinajstić information content (AvgIpc) is 2.95. The van der Waals surface area contributed by atoms with Gasteiger partial charge in [0.15, 0.2) is 0 Å². The van der Waals surface area contributed by atoms with Gasteiger partial charge in [0.05, 0.1) is 0 Å². The topological polar surface area (TPSA) is 49.0 Å². The van der Waals surface area contributed by atoms with Crippen molar-refractivity contribution >= 4 is 29.6 Å². The highest BCUT2D eigenvalue weighted by atomic mass is 32.1. The summed E-state index contributed by atoms with van der Waals surface area (Å²) < 4.78 is 0. The summed E-state index contributed by atoms with van der Waals surface area (Å²) in [7, 11) is 0. The third kappa shape index (κ3) is 1.99. The molecule has 0 aliphatic carbocycles. The number of fused-ring (bicyclic) bond motifs is 1. The van der Waals surface area contributed by atoms with E-state index in [4.69, 9.17) is 0 Å². The van der Waals surface area contributed by atoms with Crippen molar-refractivity contribution in [1.29, 1.82) is 0 Å². The Labute approximate surface area is 111 Å². The van der Waals surface area contributed by atoms with Crippen LogP contribution < -0.4 is 0 Å². The summed E-state index contributed by atoms with van der Waals surface area (Å²) in [5.74, 6) is 1.40. The zero-order valence-electron chi connectivity index (χ0n) is 9.97. The van der Waals surface area contributed by atoms with Crippen molar-refractivity contribution in [2.24, 2.45) is 5.92 Å². The first-order valence-corrected chi connectivity index (χ1v) is 6.71. The lowest BCUT2D eigenvalue weighted by atomic mass is 10.1. The second-order valence-electron chi connectivity index (χ2n) is 4.74. The van der Waals surface area contributed by atoms with Crippen molar-refractivity contribution in [3.05, 3.63) is 30.1 Å². The molecule has 1 aliphatic heterocycles. The van der Waals surface area contributed by atoms with E-state index in [1.165, 1.54) is 0 Å². The minimum absolute atomic E-state index is 0.229. The van der Waals surface area contributed by atoms with E-state index in [9.17, 15) is 4.79 Å². The van der Waals surface area contributed by atoms with Crippen molar-refractivity contribution < 1.29 is 4.79 Å². The molecule has 0 aromatic carbocycles. The molecule has 1 atom stereocenters. The minimum Gasteiger partial charge on any atom is -0.346 e. The second-order valence-corrected chi connectivity index (χ2v) is 5.11. The average molecular weight is 261 g/mol. The molecule has 2 aromatic heterocycles. The van der Waals surface area contributed by atoms with E-state index in [1.807, 2.05) is 23.2 Å². The lowest BCUT2D eigenvalue weighted by molar-refractivity contribution is -0.128. The van der Waals surface area contributed by atoms with Crippen LogP contribution in [0.4, 0.5) is 0 Å². The summed E-state index contributed by atoms with van der Waals surface area (Å²) in [4.78, 5) is 21.2. The molecule has 0 saturated carbocycles. The molecule has 1 fully saturated rings. The molecule has 1 aliphatic rings. The summed E-state index contributed by atoms with van der Waals surface area (Å²) in [5, 5.41) is 1.10. The summed E-state index contributed by atoms with van der Waals surface area (Å²) in [6.07, 6.45) is 4.34. The molecule has 3 heterocycles. The zero-order chi connectivity index (χ0) is 12.5. The number of hydrogen-bond acceptors (Lipinski definition) is 3. The molecule has 2 aromatic rings. The number of nitrogens with one attached hydrogen (secondary N) is 1. The number of aromatic amines is 1. The minimum atomic E-state index is 0.229. The molecule has 5 heteroatoms. The van der Waals surface area contributed by atoms with E-state index in [0.717, 1.165) is 28.9 Å². The van der Waals surface area contributed by atoms with Gasteiger partial charge in [-0.25, -0.2) is 4.98 Å². The lowest BCUT2D eigenvalue weighted by Gasteiger charge is -2.15. The van der Waals surface area contributed by atoms with Crippen molar-refractivity contribution in [3.63, 3.8) is 0 Å². The van der Waals surface area contributed by atoms with Gasteiger partial charge in [-0.1, -0.05) is 0 Å². The number of likely N-dealkylation sites (tertiary alicyclic amines) is 1. The predicted octanol–water partition coefficient (Wildman–Crippen LogP) is 1.84. The molecule has 0 radical (unpaired) electrons. The fourth-order valence-electron chi connectivity index (χ4n) is 2.48. The van der Waals surface area contributed by atoms with Gasteiger partial charge in [0, 0.05) is 37.3 Å². The fraction of sp³-hybridized carbons (Fsp3) is 0.385. The number of carbonyl (C=O) groups excluding carboxylic acids is 1. The van der Waals surface area contributed by atoms with Crippen molar-refractivity contribution in [3.8, 4) is 0 Å². The Morgan fingerprint density at radius 3 is 3.22 bits per heavy atom. The first kappa shape index (κ1) is 11.6. The maximum Gasteiger partial charge on any atom is 0.223 e. The van der Waals surface area contributed by atoms with Crippen molar-refractivity contribution in [2.45, 2.75) is 13.0 Å². The fourth-order valence-corrected chi connectivity index (χ4v) is 2.72. The van der Waals surface area contributed by atoms with Crippen LogP contribution in [-0.2, 0) is 11.3 Å². The smallest absolute Gasteiger partial charge is 0.223 e. The van der Waals surface area contributed by atoms with Gasteiger partial charge in [-0.15, -0.1) is 0 Å². The van der Waals surface area contributed by atoms with E-state index in [0.29, 0.717) is 18.9 Å². The quantitative estimate of drug-likeness (QED) is 0.828. The molecule has 1 N–H and O–H groups in total. The Bertz CT molecular complexity index is 580. The molecule has 1 saturated heterocycles.